The molecule has 1 aliphatic carbocycles. The van der Waals surface area contributed by atoms with Crippen LogP contribution in [0.25, 0.3) is 0 Å². The predicted molar refractivity (Wildman–Crippen MR) is 138 cm³/mol. The summed E-state index contributed by atoms with van der Waals surface area (Å²) in [4.78, 5) is 14.2. The summed E-state index contributed by atoms with van der Waals surface area (Å²) in [5.41, 5.74) is -6.54. The molecule has 43 heavy (non-hydrogen) atoms. The number of halogens is 6. The van der Waals surface area contributed by atoms with Crippen LogP contribution < -0.4 is 0 Å². The summed E-state index contributed by atoms with van der Waals surface area (Å²) in [6, 6.07) is 9.77. The molecule has 0 radical (unpaired) electrons. The van der Waals surface area contributed by atoms with Crippen LogP contribution in [0.5, 0.6) is 0 Å². The summed E-state index contributed by atoms with van der Waals surface area (Å²) in [6.07, 6.45) is 9.11. The van der Waals surface area contributed by atoms with E-state index in [1.807, 2.05) is 12.4 Å². The third-order valence-corrected chi connectivity index (χ3v) is 7.30. The number of aromatic nitrogens is 2. The molecular formula is C24H32F6FeN4O6S2+2. The van der Waals surface area contributed by atoms with Crippen molar-refractivity contribution in [2.24, 2.45) is 0 Å². The van der Waals surface area contributed by atoms with Gasteiger partial charge in [-0.15, -0.1) is 0 Å². The molecule has 1 fully saturated rings. The van der Waals surface area contributed by atoms with Crippen LogP contribution in [-0.2, 0) is 50.4 Å². The van der Waals surface area contributed by atoms with Crippen molar-refractivity contribution in [3.8, 4) is 0 Å². The second-order valence-corrected chi connectivity index (χ2v) is 12.4. The van der Waals surface area contributed by atoms with Crippen molar-refractivity contribution < 1.29 is 69.4 Å². The fourth-order valence-electron chi connectivity index (χ4n) is 4.05. The molecule has 2 aromatic heterocycles. The predicted octanol–water partition coefficient (Wildman–Crippen LogP) is 4.07. The minimum absolute atomic E-state index is 0. The summed E-state index contributed by atoms with van der Waals surface area (Å²) in [5.74, 6) is 0. The Balaban J connectivity index is 0.000000860. The fraction of sp³-hybridized carbons (Fsp3) is 0.583. The maximum atomic E-state index is 10.7. The molecule has 2 aromatic rings. The van der Waals surface area contributed by atoms with E-state index in [-0.39, 0.29) is 17.1 Å². The molecule has 0 spiro atoms. The van der Waals surface area contributed by atoms with Gasteiger partial charge < -0.3 is 9.11 Å². The third kappa shape index (κ3) is 14.6. The molecule has 1 aliphatic rings. The zero-order valence-corrected chi connectivity index (χ0v) is 26.3. The van der Waals surface area contributed by atoms with Crippen LogP contribution in [0.3, 0.4) is 0 Å². The molecular weight excluding hydrogens is 674 g/mol. The SMILES string of the molecule is Cc1ccc(CN(C)[C@H]2CCCC[C@@H]2N(C)Cc2ccc(C)cn2)nc1.O=S(=O)([O-])C(F)(F)F.O=S(=O)([O-])C(F)(F)F.[Fe+4]. The number of hydrogen-bond acceptors (Lipinski definition) is 10. The average molecular weight is 707 g/mol. The van der Waals surface area contributed by atoms with Gasteiger partial charge in [0, 0.05) is 37.6 Å². The van der Waals surface area contributed by atoms with Gasteiger partial charge in [-0.05, 0) is 64.0 Å². The molecule has 2 heterocycles. The van der Waals surface area contributed by atoms with Gasteiger partial charge in [-0.2, -0.15) is 26.3 Å². The zero-order valence-electron chi connectivity index (χ0n) is 23.5. The molecule has 0 aliphatic heterocycles. The van der Waals surface area contributed by atoms with E-state index in [1.54, 1.807) is 0 Å². The number of hydrogen-bond donors (Lipinski definition) is 0. The summed E-state index contributed by atoms with van der Waals surface area (Å²) in [6.45, 7) is 6.01. The Morgan fingerprint density at radius 2 is 1.00 bits per heavy atom. The minimum Gasteiger partial charge on any atom is -0.741 e. The van der Waals surface area contributed by atoms with E-state index in [9.17, 15) is 26.3 Å². The Morgan fingerprint density at radius 3 is 1.21 bits per heavy atom. The normalized spacial score (nSPS) is 17.7. The number of rotatable bonds is 6. The maximum Gasteiger partial charge on any atom is 4.00 e. The van der Waals surface area contributed by atoms with E-state index >= 15 is 0 Å². The molecule has 244 valence electrons. The molecule has 19 heteroatoms. The standard InChI is InChI=1S/C22H32N4.2CHF3O3S.Fe/c1-17-9-11-19(23-13-17)15-25(3)21-7-5-6-8-22(21)26(4)16-20-12-10-18(2)14-24-20;2*2-1(3,4)8(5,6)7;/h9-14,21-22H,5-8,15-16H2,1-4H3;2*(H,5,6,7);/q;;;+4/p-2/t21-,22-;;;/m0.../s1. The van der Waals surface area contributed by atoms with Crippen LogP contribution >= 0.6 is 0 Å². The van der Waals surface area contributed by atoms with Crippen molar-refractivity contribution in [2.45, 2.75) is 75.7 Å². The van der Waals surface area contributed by atoms with Gasteiger partial charge in [0.25, 0.3) is 0 Å². The first-order valence-corrected chi connectivity index (χ1v) is 15.1. The monoisotopic (exact) mass is 706 g/mol. The summed E-state index contributed by atoms with van der Waals surface area (Å²) in [5, 5.41) is 0. The van der Waals surface area contributed by atoms with Gasteiger partial charge in [-0.3, -0.25) is 19.8 Å². The van der Waals surface area contributed by atoms with Crippen molar-refractivity contribution in [3.05, 3.63) is 59.2 Å². The van der Waals surface area contributed by atoms with E-state index in [0.717, 1.165) is 24.5 Å². The first kappa shape index (κ1) is 41.1. The maximum absolute atomic E-state index is 10.7. The molecule has 0 N–H and O–H groups in total. The number of aryl methyl sites for hydroxylation is 2. The van der Waals surface area contributed by atoms with Crippen LogP contribution in [0.15, 0.2) is 36.7 Å². The Labute approximate surface area is 257 Å². The van der Waals surface area contributed by atoms with Gasteiger partial charge in [0.2, 0.25) is 0 Å². The second-order valence-electron chi connectivity index (χ2n) is 9.70. The van der Waals surface area contributed by atoms with Gasteiger partial charge >= 0.3 is 28.1 Å². The summed E-state index contributed by atoms with van der Waals surface area (Å²) < 4.78 is 118. The molecule has 2 atom stereocenters. The van der Waals surface area contributed by atoms with E-state index in [0.29, 0.717) is 12.1 Å². The Hall–Kier alpha value is -1.86. The largest absolute Gasteiger partial charge is 4.00 e. The van der Waals surface area contributed by atoms with Gasteiger partial charge in [0.1, 0.15) is 0 Å². The molecule has 0 saturated heterocycles. The Kier molecular flexibility index (Phi) is 16.3. The molecule has 10 nitrogen and oxygen atoms in total. The van der Waals surface area contributed by atoms with Crippen molar-refractivity contribution >= 4 is 20.2 Å². The molecule has 0 amide bonds. The molecule has 0 aromatic carbocycles. The van der Waals surface area contributed by atoms with E-state index in [1.165, 1.54) is 36.8 Å². The number of nitrogens with zero attached hydrogens (tertiary/aromatic N) is 4. The van der Waals surface area contributed by atoms with Crippen molar-refractivity contribution in [2.75, 3.05) is 14.1 Å². The quantitative estimate of drug-likeness (QED) is 0.187. The third-order valence-electron chi connectivity index (χ3n) is 6.16. The smallest absolute Gasteiger partial charge is 0.741 e. The fourth-order valence-corrected chi connectivity index (χ4v) is 4.05. The van der Waals surface area contributed by atoms with E-state index < -0.39 is 31.3 Å². The van der Waals surface area contributed by atoms with Gasteiger partial charge in [-0.25, -0.2) is 16.8 Å². The van der Waals surface area contributed by atoms with Gasteiger partial charge in [0.05, 0.1) is 11.4 Å². The topological polar surface area (TPSA) is 147 Å². The molecule has 0 bridgehead atoms. The van der Waals surface area contributed by atoms with E-state index in [4.69, 9.17) is 25.9 Å². The minimum atomic E-state index is -6.09. The van der Waals surface area contributed by atoms with E-state index in [2.05, 4.69) is 72.0 Å². The number of likely N-dealkylation sites (N-methyl/N-ethyl adjacent to an activating group) is 2. The average Bonchev–Trinajstić information content (AvgIpc) is 2.85. The van der Waals surface area contributed by atoms with Crippen LogP contribution in [-0.4, -0.2) is 82.9 Å². The van der Waals surface area contributed by atoms with Crippen LogP contribution in [0, 0.1) is 13.8 Å². The van der Waals surface area contributed by atoms with Crippen LogP contribution in [0.2, 0.25) is 0 Å². The van der Waals surface area contributed by atoms with Crippen molar-refractivity contribution in [1.29, 1.82) is 0 Å². The van der Waals surface area contributed by atoms with Gasteiger partial charge in [-0.1, -0.05) is 25.0 Å². The number of pyridine rings is 2. The van der Waals surface area contributed by atoms with Crippen molar-refractivity contribution in [3.63, 3.8) is 0 Å². The van der Waals surface area contributed by atoms with Crippen LogP contribution in [0.1, 0.15) is 48.2 Å². The van der Waals surface area contributed by atoms with Crippen molar-refractivity contribution in [1.82, 2.24) is 19.8 Å². The second kappa shape index (κ2) is 17.0. The van der Waals surface area contributed by atoms with Crippen LogP contribution in [0.4, 0.5) is 26.3 Å². The zero-order chi connectivity index (χ0) is 32.5. The van der Waals surface area contributed by atoms with Gasteiger partial charge in [0.15, 0.2) is 20.2 Å². The first-order valence-electron chi connectivity index (χ1n) is 12.3. The summed E-state index contributed by atoms with van der Waals surface area (Å²) >= 11 is 0. The Bertz CT molecular complexity index is 1230. The number of alkyl halides is 6. The molecule has 3 rings (SSSR count). The molecule has 0 unspecified atom stereocenters. The summed E-state index contributed by atoms with van der Waals surface area (Å²) in [7, 11) is -7.68. The first-order chi connectivity index (χ1) is 19.0. The Morgan fingerprint density at radius 1 is 0.721 bits per heavy atom. The molecule has 1 saturated carbocycles.